The van der Waals surface area contributed by atoms with Crippen LogP contribution in [0.1, 0.15) is 33.3 Å². The lowest BCUT2D eigenvalue weighted by Gasteiger charge is -2.05. The number of ketones is 1. The number of carbonyl (C=O) groups excluding carboxylic acids is 2. The molecule has 180 valence electrons. The van der Waals surface area contributed by atoms with Gasteiger partial charge < -0.3 is 21.7 Å². The molecule has 0 spiro atoms. The van der Waals surface area contributed by atoms with Crippen LogP contribution in [0.4, 0.5) is 0 Å². The van der Waals surface area contributed by atoms with E-state index in [9.17, 15) is 9.59 Å². The Morgan fingerprint density at radius 1 is 0.971 bits per heavy atom. The van der Waals surface area contributed by atoms with E-state index in [0.717, 1.165) is 15.5 Å². The quantitative estimate of drug-likeness (QED) is 0.130. The summed E-state index contributed by atoms with van der Waals surface area (Å²) in [6.07, 6.45) is 3.89. The van der Waals surface area contributed by atoms with Gasteiger partial charge in [-0.2, -0.15) is 4.57 Å². The van der Waals surface area contributed by atoms with Crippen LogP contribution in [-0.4, -0.2) is 18.4 Å². The largest absolute Gasteiger partial charge is 1.00 e. The lowest BCUT2D eigenvalue weighted by Crippen LogP contribution is -3.00. The van der Waals surface area contributed by atoms with E-state index in [1.54, 1.807) is 30.8 Å². The van der Waals surface area contributed by atoms with Crippen molar-refractivity contribution in [1.82, 2.24) is 0 Å². The molecule has 2 heterocycles. The zero-order chi connectivity index (χ0) is 23.9. The zero-order valence-electron chi connectivity index (χ0n) is 18.9. The van der Waals surface area contributed by atoms with E-state index >= 15 is 0 Å². The molecule has 0 unspecified atom stereocenters. The van der Waals surface area contributed by atoms with Gasteiger partial charge in [-0.1, -0.05) is 60.1 Å². The summed E-state index contributed by atoms with van der Waals surface area (Å²) in [6, 6.07) is 22.7. The van der Waals surface area contributed by atoms with E-state index in [4.69, 9.17) is 16.3 Å². The van der Waals surface area contributed by atoms with E-state index in [1.807, 2.05) is 77.6 Å². The van der Waals surface area contributed by atoms with Crippen LogP contribution in [0.2, 0.25) is 5.02 Å². The average Bonchev–Trinajstić information content (AvgIpc) is 3.22. The lowest BCUT2D eigenvalue weighted by molar-refractivity contribution is -0.598. The van der Waals surface area contributed by atoms with Crippen LogP contribution in [0, 0.1) is 0 Å². The summed E-state index contributed by atoms with van der Waals surface area (Å²) in [6.45, 7) is 2.07. The molecule has 0 bridgehead atoms. The standard InChI is InChI=1S/C27H23ClNO3S2.BrH/c1-2-32-23(30)17-22-24(29-15-7-4-8-16-29)27(33-18-19-11-13-21(28)14-12-19)34-26(22)25(31)20-9-5-3-6-10-20;/h3-16H,2,17-18H2,1H3;1H/q+1;/p-1. The molecule has 4 rings (SSSR count). The molecule has 35 heavy (non-hydrogen) atoms. The molecule has 0 N–H and O–H groups in total. The van der Waals surface area contributed by atoms with Crippen molar-refractivity contribution in [3.8, 4) is 5.69 Å². The Balaban J connectivity index is 0.00000342. The number of thiophene rings is 1. The van der Waals surface area contributed by atoms with Gasteiger partial charge in [0, 0.05) is 28.5 Å². The van der Waals surface area contributed by atoms with E-state index < -0.39 is 0 Å². The maximum absolute atomic E-state index is 13.5. The summed E-state index contributed by atoms with van der Waals surface area (Å²) >= 11 is 9.10. The number of carbonyl (C=O) groups is 2. The summed E-state index contributed by atoms with van der Waals surface area (Å²) in [4.78, 5) is 26.7. The molecule has 0 saturated carbocycles. The number of pyridine rings is 1. The highest BCUT2D eigenvalue weighted by molar-refractivity contribution is 8.00. The van der Waals surface area contributed by atoms with E-state index in [1.165, 1.54) is 11.3 Å². The number of halogens is 2. The van der Waals surface area contributed by atoms with Crippen molar-refractivity contribution < 1.29 is 35.9 Å². The highest BCUT2D eigenvalue weighted by atomic mass is 79.9. The van der Waals surface area contributed by atoms with E-state index in [-0.39, 0.29) is 41.8 Å². The predicted octanol–water partition coefficient (Wildman–Crippen LogP) is 3.31. The highest BCUT2D eigenvalue weighted by Gasteiger charge is 2.31. The van der Waals surface area contributed by atoms with Crippen molar-refractivity contribution in [2.45, 2.75) is 23.3 Å². The number of hydrogen-bond donors (Lipinski definition) is 0. The topological polar surface area (TPSA) is 47.3 Å². The van der Waals surface area contributed by atoms with Gasteiger partial charge in [0.25, 0.3) is 0 Å². The summed E-state index contributed by atoms with van der Waals surface area (Å²) in [7, 11) is 0. The number of esters is 1. The molecule has 0 fully saturated rings. The van der Waals surface area contributed by atoms with Crippen LogP contribution >= 0.6 is 34.7 Å². The highest BCUT2D eigenvalue weighted by Crippen LogP contribution is 2.39. The molecule has 0 aliphatic carbocycles. The predicted molar refractivity (Wildman–Crippen MR) is 137 cm³/mol. The maximum Gasteiger partial charge on any atom is 0.310 e. The van der Waals surface area contributed by atoms with Gasteiger partial charge in [-0.3, -0.25) is 9.59 Å². The first kappa shape index (κ1) is 27.1. The molecule has 2 aromatic heterocycles. The van der Waals surface area contributed by atoms with Crippen LogP contribution in [0.3, 0.4) is 0 Å². The fourth-order valence-corrected chi connectivity index (χ4v) is 6.15. The fourth-order valence-electron chi connectivity index (χ4n) is 3.49. The summed E-state index contributed by atoms with van der Waals surface area (Å²) in [5, 5.41) is 0.692. The van der Waals surface area contributed by atoms with Crippen LogP contribution in [0.25, 0.3) is 5.69 Å². The van der Waals surface area contributed by atoms with E-state index in [2.05, 4.69) is 0 Å². The molecular formula is C27H23BrClNO3S2. The van der Waals surface area contributed by atoms with Crippen molar-refractivity contribution in [1.29, 1.82) is 0 Å². The number of nitrogens with zero attached hydrogens (tertiary/aromatic N) is 1. The van der Waals surface area contributed by atoms with Gasteiger partial charge in [-0.25, -0.2) is 0 Å². The molecule has 0 aliphatic rings. The van der Waals surface area contributed by atoms with Crippen LogP contribution in [-0.2, 0) is 21.7 Å². The third-order valence-corrected chi connectivity index (χ3v) is 7.88. The number of thioether (sulfide) groups is 1. The minimum Gasteiger partial charge on any atom is -1.00 e. The maximum atomic E-state index is 13.5. The van der Waals surface area contributed by atoms with Crippen LogP contribution in [0.5, 0.6) is 0 Å². The fraction of sp³-hybridized carbons (Fsp3) is 0.148. The van der Waals surface area contributed by atoms with Crippen molar-refractivity contribution in [2.75, 3.05) is 6.61 Å². The molecule has 0 aliphatic heterocycles. The first-order chi connectivity index (χ1) is 16.6. The van der Waals surface area contributed by atoms with Crippen LogP contribution in [0.15, 0.2) is 89.4 Å². The number of aromatic nitrogens is 1. The second kappa shape index (κ2) is 13.0. The van der Waals surface area contributed by atoms with Gasteiger partial charge in [0.05, 0.1) is 23.5 Å². The van der Waals surface area contributed by atoms with Crippen molar-refractivity contribution >= 4 is 46.5 Å². The number of hydrogen-bond acceptors (Lipinski definition) is 5. The number of rotatable bonds is 9. The second-order valence-electron chi connectivity index (χ2n) is 7.42. The Kier molecular flexibility index (Phi) is 10.1. The summed E-state index contributed by atoms with van der Waals surface area (Å²) < 4.78 is 8.18. The molecule has 8 heteroatoms. The molecule has 4 nitrogen and oxygen atoms in total. The molecule has 4 aromatic rings. The average molecular weight is 589 g/mol. The number of ether oxygens (including phenoxy) is 1. The van der Waals surface area contributed by atoms with Crippen molar-refractivity contribution in [3.05, 3.63) is 112 Å². The Labute approximate surface area is 228 Å². The lowest BCUT2D eigenvalue weighted by atomic mass is 10.0. The Hall–Kier alpha value is -2.45. The molecule has 0 amide bonds. The Morgan fingerprint density at radius 2 is 1.63 bits per heavy atom. The normalized spacial score (nSPS) is 10.5. The third kappa shape index (κ3) is 6.82. The molecule has 2 aromatic carbocycles. The summed E-state index contributed by atoms with van der Waals surface area (Å²) in [5.41, 5.74) is 3.24. The van der Waals surface area contributed by atoms with Crippen molar-refractivity contribution in [2.24, 2.45) is 0 Å². The SMILES string of the molecule is CCOC(=O)Cc1c(C(=O)c2ccccc2)sc(SCc2ccc(Cl)cc2)c1-[n+]1ccccc1.[Br-]. The zero-order valence-corrected chi connectivity index (χ0v) is 22.9. The summed E-state index contributed by atoms with van der Waals surface area (Å²) in [5.74, 6) is 0.256. The minimum atomic E-state index is -0.352. The number of benzene rings is 2. The van der Waals surface area contributed by atoms with Gasteiger partial charge in [-0.05, 0) is 24.6 Å². The first-order valence-corrected chi connectivity index (χ1v) is 13.0. The Bertz CT molecular complexity index is 1280. The third-order valence-electron chi connectivity index (χ3n) is 5.07. The monoisotopic (exact) mass is 587 g/mol. The smallest absolute Gasteiger partial charge is 0.310 e. The van der Waals surface area contributed by atoms with Crippen LogP contribution < -0.4 is 21.5 Å². The van der Waals surface area contributed by atoms with Gasteiger partial charge in [0.2, 0.25) is 11.5 Å². The van der Waals surface area contributed by atoms with Crippen molar-refractivity contribution in [3.63, 3.8) is 0 Å². The molecule has 0 saturated heterocycles. The van der Waals surface area contributed by atoms with Gasteiger partial charge in [0.1, 0.15) is 4.21 Å². The molecular weight excluding hydrogens is 566 g/mol. The minimum absolute atomic E-state index is 0. The first-order valence-electron chi connectivity index (χ1n) is 10.8. The van der Waals surface area contributed by atoms with E-state index in [0.29, 0.717) is 26.8 Å². The van der Waals surface area contributed by atoms with Gasteiger partial charge in [-0.15, -0.1) is 23.1 Å². The van der Waals surface area contributed by atoms with Gasteiger partial charge >= 0.3 is 5.97 Å². The molecule has 0 radical (unpaired) electrons. The Morgan fingerprint density at radius 3 is 2.29 bits per heavy atom. The molecule has 0 atom stereocenters. The van der Waals surface area contributed by atoms with Gasteiger partial charge in [0.15, 0.2) is 12.4 Å². The second-order valence-corrected chi connectivity index (χ2v) is 10.1.